The van der Waals surface area contributed by atoms with Crippen LogP contribution in [0.25, 0.3) is 0 Å². The van der Waals surface area contributed by atoms with Crippen molar-refractivity contribution in [2.24, 2.45) is 5.92 Å². The number of hydrogen-bond donors (Lipinski definition) is 1. The van der Waals surface area contributed by atoms with Crippen molar-refractivity contribution < 1.29 is 14.3 Å². The van der Waals surface area contributed by atoms with Gasteiger partial charge in [-0.1, -0.05) is 0 Å². The number of carboxylic acid groups (broad SMARTS) is 1. The molecule has 19 heavy (non-hydrogen) atoms. The van der Waals surface area contributed by atoms with E-state index in [2.05, 4.69) is 0 Å². The maximum absolute atomic E-state index is 13.1. The predicted octanol–water partition coefficient (Wildman–Crippen LogP) is 2.39. The lowest BCUT2D eigenvalue weighted by atomic mass is 10.0. The average molecular weight is 262 g/mol. The average Bonchev–Trinajstić information content (AvgIpc) is 2.84. The van der Waals surface area contributed by atoms with Crippen molar-refractivity contribution >= 4 is 11.7 Å². The second kappa shape index (κ2) is 5.70. The predicted molar refractivity (Wildman–Crippen MR) is 68.3 cm³/mol. The topological polar surface area (TPSA) is 64.3 Å². The van der Waals surface area contributed by atoms with Crippen molar-refractivity contribution in [2.45, 2.75) is 19.3 Å². The van der Waals surface area contributed by atoms with E-state index in [0.717, 1.165) is 25.2 Å². The number of benzene rings is 1. The van der Waals surface area contributed by atoms with Crippen LogP contribution in [0.2, 0.25) is 0 Å². The monoisotopic (exact) mass is 262 g/mol. The summed E-state index contributed by atoms with van der Waals surface area (Å²) in [5.74, 6) is -0.868. The van der Waals surface area contributed by atoms with Crippen molar-refractivity contribution in [1.82, 2.24) is 0 Å². The lowest BCUT2D eigenvalue weighted by molar-refractivity contribution is -0.137. The van der Waals surface area contributed by atoms with Crippen LogP contribution in [-0.4, -0.2) is 24.2 Å². The van der Waals surface area contributed by atoms with Gasteiger partial charge in [-0.15, -0.1) is 0 Å². The zero-order valence-corrected chi connectivity index (χ0v) is 10.5. The largest absolute Gasteiger partial charge is 0.481 e. The molecule has 1 fully saturated rings. The highest BCUT2D eigenvalue weighted by atomic mass is 19.1. The van der Waals surface area contributed by atoms with Gasteiger partial charge in [0.25, 0.3) is 0 Å². The van der Waals surface area contributed by atoms with Gasteiger partial charge in [0, 0.05) is 19.5 Å². The van der Waals surface area contributed by atoms with Gasteiger partial charge in [-0.25, -0.2) is 4.39 Å². The summed E-state index contributed by atoms with van der Waals surface area (Å²) in [6.07, 6.45) is 1.73. The Bertz CT molecular complexity index is 525. The summed E-state index contributed by atoms with van der Waals surface area (Å²) in [5, 5.41) is 17.7. The molecule has 100 valence electrons. The van der Waals surface area contributed by atoms with Gasteiger partial charge in [-0.2, -0.15) is 5.26 Å². The molecule has 4 nitrogen and oxygen atoms in total. The van der Waals surface area contributed by atoms with Crippen molar-refractivity contribution in [2.75, 3.05) is 18.0 Å². The zero-order chi connectivity index (χ0) is 13.8. The van der Waals surface area contributed by atoms with Crippen molar-refractivity contribution in [3.05, 3.63) is 29.6 Å². The first-order valence-electron chi connectivity index (χ1n) is 6.26. The third kappa shape index (κ3) is 3.22. The minimum Gasteiger partial charge on any atom is -0.481 e. The SMILES string of the molecule is N#Cc1cc(F)ccc1N1CCC(CCC(=O)O)C1. The van der Waals surface area contributed by atoms with E-state index in [1.807, 2.05) is 11.0 Å². The van der Waals surface area contributed by atoms with Crippen LogP contribution in [0.4, 0.5) is 10.1 Å². The number of hydrogen-bond acceptors (Lipinski definition) is 3. The summed E-state index contributed by atoms with van der Waals surface area (Å²) in [4.78, 5) is 12.6. The summed E-state index contributed by atoms with van der Waals surface area (Å²) in [5.41, 5.74) is 1.07. The van der Waals surface area contributed by atoms with E-state index in [1.54, 1.807) is 6.07 Å². The third-order valence-electron chi connectivity index (χ3n) is 3.47. The van der Waals surface area contributed by atoms with E-state index >= 15 is 0 Å². The van der Waals surface area contributed by atoms with Gasteiger partial charge >= 0.3 is 5.97 Å². The maximum Gasteiger partial charge on any atom is 0.303 e. The van der Waals surface area contributed by atoms with E-state index in [1.165, 1.54) is 12.1 Å². The second-order valence-electron chi connectivity index (χ2n) is 4.81. The molecule has 0 bridgehead atoms. The fraction of sp³-hybridized carbons (Fsp3) is 0.429. The van der Waals surface area contributed by atoms with E-state index in [-0.39, 0.29) is 6.42 Å². The van der Waals surface area contributed by atoms with Gasteiger partial charge in [-0.3, -0.25) is 4.79 Å². The highest BCUT2D eigenvalue weighted by molar-refractivity contribution is 5.66. The lowest BCUT2D eigenvalue weighted by Gasteiger charge is -2.19. The minimum absolute atomic E-state index is 0.174. The molecule has 1 aromatic rings. The van der Waals surface area contributed by atoms with Crippen LogP contribution in [0, 0.1) is 23.1 Å². The lowest BCUT2D eigenvalue weighted by Crippen LogP contribution is -2.21. The Hall–Kier alpha value is -2.09. The molecular weight excluding hydrogens is 247 g/mol. The van der Waals surface area contributed by atoms with E-state index < -0.39 is 11.8 Å². The van der Waals surface area contributed by atoms with Gasteiger partial charge in [0.15, 0.2) is 0 Å². The Balaban J connectivity index is 2.05. The Kier molecular flexibility index (Phi) is 4.00. The quantitative estimate of drug-likeness (QED) is 0.904. The first-order valence-corrected chi connectivity index (χ1v) is 6.26. The Morgan fingerprint density at radius 1 is 1.58 bits per heavy atom. The van der Waals surface area contributed by atoms with E-state index in [0.29, 0.717) is 17.9 Å². The molecule has 0 amide bonds. The molecule has 1 aliphatic rings. The molecule has 1 aromatic carbocycles. The third-order valence-corrected chi connectivity index (χ3v) is 3.47. The van der Waals surface area contributed by atoms with Gasteiger partial charge in [-0.05, 0) is 37.0 Å². The number of nitriles is 1. The molecule has 1 heterocycles. The molecule has 0 aliphatic carbocycles. The Morgan fingerprint density at radius 3 is 3.05 bits per heavy atom. The highest BCUT2D eigenvalue weighted by Crippen LogP contribution is 2.29. The maximum atomic E-state index is 13.1. The van der Waals surface area contributed by atoms with Gasteiger partial charge < -0.3 is 10.0 Å². The molecule has 0 aromatic heterocycles. The summed E-state index contributed by atoms with van der Waals surface area (Å²) in [6.45, 7) is 1.51. The normalized spacial score (nSPS) is 18.3. The molecule has 0 spiro atoms. The van der Waals surface area contributed by atoms with Crippen LogP contribution in [0.3, 0.4) is 0 Å². The van der Waals surface area contributed by atoms with Crippen molar-refractivity contribution in [1.29, 1.82) is 5.26 Å². The molecule has 5 heteroatoms. The number of carboxylic acids is 1. The van der Waals surface area contributed by atoms with Crippen molar-refractivity contribution in [3.8, 4) is 6.07 Å². The number of rotatable bonds is 4. The summed E-state index contributed by atoms with van der Waals surface area (Å²) >= 11 is 0. The number of carbonyl (C=O) groups is 1. The molecule has 1 atom stereocenters. The fourth-order valence-electron chi connectivity index (χ4n) is 2.49. The zero-order valence-electron chi connectivity index (χ0n) is 10.5. The fourth-order valence-corrected chi connectivity index (χ4v) is 2.49. The van der Waals surface area contributed by atoms with Gasteiger partial charge in [0.1, 0.15) is 11.9 Å². The van der Waals surface area contributed by atoms with Gasteiger partial charge in [0.05, 0.1) is 11.3 Å². The van der Waals surface area contributed by atoms with E-state index in [4.69, 9.17) is 10.4 Å². The Morgan fingerprint density at radius 2 is 2.37 bits per heavy atom. The van der Waals surface area contributed by atoms with Crippen LogP contribution >= 0.6 is 0 Å². The molecule has 2 rings (SSSR count). The van der Waals surface area contributed by atoms with E-state index in [9.17, 15) is 9.18 Å². The molecule has 1 N–H and O–H groups in total. The summed E-state index contributed by atoms with van der Waals surface area (Å²) in [7, 11) is 0. The molecule has 1 unspecified atom stereocenters. The number of nitrogens with zero attached hydrogens (tertiary/aromatic N) is 2. The molecule has 1 aliphatic heterocycles. The smallest absolute Gasteiger partial charge is 0.303 e. The highest BCUT2D eigenvalue weighted by Gasteiger charge is 2.24. The Labute approximate surface area is 111 Å². The first kappa shape index (κ1) is 13.3. The standard InChI is InChI=1S/C14H15FN2O2/c15-12-2-3-13(11(7-12)8-16)17-6-5-10(9-17)1-4-14(18)19/h2-3,7,10H,1,4-6,9H2,(H,18,19). The molecule has 0 radical (unpaired) electrons. The van der Waals surface area contributed by atoms with Crippen LogP contribution in [0.1, 0.15) is 24.8 Å². The number of aliphatic carboxylic acids is 1. The summed E-state index contributed by atoms with van der Waals surface area (Å²) < 4.78 is 13.1. The second-order valence-corrected chi connectivity index (χ2v) is 4.81. The number of anilines is 1. The molecule has 0 saturated carbocycles. The van der Waals surface area contributed by atoms with Crippen LogP contribution in [-0.2, 0) is 4.79 Å². The van der Waals surface area contributed by atoms with Crippen LogP contribution in [0.15, 0.2) is 18.2 Å². The minimum atomic E-state index is -0.780. The van der Waals surface area contributed by atoms with Gasteiger partial charge in [0.2, 0.25) is 0 Å². The van der Waals surface area contributed by atoms with Crippen LogP contribution < -0.4 is 4.90 Å². The van der Waals surface area contributed by atoms with Crippen LogP contribution in [0.5, 0.6) is 0 Å². The summed E-state index contributed by atoms with van der Waals surface area (Å²) in [6, 6.07) is 6.21. The number of halogens is 1. The molecular formula is C14H15FN2O2. The van der Waals surface area contributed by atoms with Crippen molar-refractivity contribution in [3.63, 3.8) is 0 Å². The molecule has 1 saturated heterocycles. The first-order chi connectivity index (χ1) is 9.10.